The maximum atomic E-state index is 6.08. The molecule has 0 saturated heterocycles. The topological polar surface area (TPSA) is 100.0 Å². The van der Waals surface area contributed by atoms with Gasteiger partial charge in [-0.1, -0.05) is 43.3 Å². The maximum Gasteiger partial charge on any atom is 0.270 e. The highest BCUT2D eigenvalue weighted by Gasteiger charge is 2.17. The van der Waals surface area contributed by atoms with Crippen molar-refractivity contribution in [1.29, 1.82) is 0 Å². The van der Waals surface area contributed by atoms with E-state index in [-0.39, 0.29) is 17.8 Å². The fraction of sp³-hybridized carbons (Fsp3) is 0.250. The van der Waals surface area contributed by atoms with Crippen LogP contribution in [0, 0.1) is 0 Å². The van der Waals surface area contributed by atoms with Gasteiger partial charge < -0.3 is 14.7 Å². The second-order valence-corrected chi connectivity index (χ2v) is 9.37. The Morgan fingerprint density at radius 2 is 1.62 bits per heavy atom. The number of hydrogen-bond donors (Lipinski definition) is 1. The lowest BCUT2D eigenvalue weighted by molar-refractivity contribution is 0.276. The van der Waals surface area contributed by atoms with Gasteiger partial charge in [-0.15, -0.1) is 10.2 Å². The molecule has 0 bridgehead atoms. The summed E-state index contributed by atoms with van der Waals surface area (Å²) >= 11 is 0. The highest BCUT2D eigenvalue weighted by Crippen LogP contribution is 2.33. The van der Waals surface area contributed by atoms with Crippen LogP contribution in [0.25, 0.3) is 34.3 Å². The molecule has 1 unspecified atom stereocenters. The van der Waals surface area contributed by atoms with Crippen LogP contribution in [0.3, 0.4) is 0 Å². The molecule has 0 radical (unpaired) electrons. The van der Waals surface area contributed by atoms with E-state index in [4.69, 9.17) is 14.7 Å². The summed E-state index contributed by atoms with van der Waals surface area (Å²) < 4.78 is 11.8. The molecule has 8 heteroatoms. The molecule has 0 aliphatic carbocycles. The Morgan fingerprint density at radius 1 is 0.969 bits per heavy atom. The summed E-state index contributed by atoms with van der Waals surface area (Å²) in [7, 11) is -0.656. The summed E-state index contributed by atoms with van der Waals surface area (Å²) in [6.45, 7) is 8.31. The van der Waals surface area contributed by atoms with Crippen LogP contribution in [0.2, 0.25) is 0 Å². The number of benzene rings is 2. The monoisotopic (exact) mass is 447 g/mol. The molecule has 0 amide bonds. The van der Waals surface area contributed by atoms with Crippen LogP contribution in [-0.4, -0.2) is 32.9 Å². The summed E-state index contributed by atoms with van der Waals surface area (Å²) in [5.41, 5.74) is 10.1. The summed E-state index contributed by atoms with van der Waals surface area (Å²) in [4.78, 5) is 8.96. The van der Waals surface area contributed by atoms with E-state index in [1.807, 2.05) is 50.2 Å². The van der Waals surface area contributed by atoms with Gasteiger partial charge in [0, 0.05) is 16.4 Å². The standard InChI is InChI=1S/C24H26N5O2P/c1-5-16-6-8-18(9-7-16)23-28-29-24(30-23)21-22(25)26-14-20(27-21)17-10-12-19(13-11-17)32(4)31-15(2)3/h6-15H,5H2,1-4H3,(H2,25,26). The minimum absolute atomic E-state index is 0.195. The molecule has 2 aromatic carbocycles. The average Bonchev–Trinajstić information content (AvgIpc) is 3.29. The van der Waals surface area contributed by atoms with Crippen molar-refractivity contribution < 1.29 is 8.94 Å². The van der Waals surface area contributed by atoms with Gasteiger partial charge in [-0.2, -0.15) is 0 Å². The maximum absolute atomic E-state index is 6.08. The van der Waals surface area contributed by atoms with E-state index in [1.54, 1.807) is 6.20 Å². The Morgan fingerprint density at radius 3 is 2.28 bits per heavy atom. The Hall–Kier alpha value is -3.15. The van der Waals surface area contributed by atoms with Crippen LogP contribution in [0.1, 0.15) is 26.3 Å². The molecular formula is C24H26N5O2P. The van der Waals surface area contributed by atoms with Crippen molar-refractivity contribution in [2.75, 3.05) is 12.4 Å². The minimum Gasteiger partial charge on any atom is -0.414 e. The van der Waals surface area contributed by atoms with Crippen molar-refractivity contribution in [2.45, 2.75) is 33.3 Å². The van der Waals surface area contributed by atoms with Gasteiger partial charge in [-0.3, -0.25) is 0 Å². The largest absolute Gasteiger partial charge is 0.414 e. The molecule has 0 saturated carbocycles. The smallest absolute Gasteiger partial charge is 0.270 e. The third-order valence-electron chi connectivity index (χ3n) is 4.93. The molecule has 4 rings (SSSR count). The zero-order chi connectivity index (χ0) is 22.7. The fourth-order valence-corrected chi connectivity index (χ4v) is 4.56. The van der Waals surface area contributed by atoms with Crippen molar-refractivity contribution in [2.24, 2.45) is 0 Å². The highest BCUT2D eigenvalue weighted by atomic mass is 31.1. The fourth-order valence-electron chi connectivity index (χ4n) is 3.23. The Kier molecular flexibility index (Phi) is 6.58. The predicted octanol–water partition coefficient (Wildman–Crippen LogP) is 5.08. The van der Waals surface area contributed by atoms with Gasteiger partial charge in [-0.25, -0.2) is 9.97 Å². The molecule has 0 aliphatic heterocycles. The molecule has 0 fully saturated rings. The first-order valence-electron chi connectivity index (χ1n) is 10.5. The lowest BCUT2D eigenvalue weighted by Crippen LogP contribution is -2.06. The number of nitrogens with two attached hydrogens (primary N) is 1. The molecule has 7 nitrogen and oxygen atoms in total. The number of aromatic nitrogens is 4. The predicted molar refractivity (Wildman–Crippen MR) is 129 cm³/mol. The van der Waals surface area contributed by atoms with Crippen LogP contribution in [0.15, 0.2) is 59.1 Å². The normalized spacial score (nSPS) is 12.3. The van der Waals surface area contributed by atoms with Gasteiger partial charge in [0.15, 0.2) is 11.5 Å². The van der Waals surface area contributed by atoms with Crippen molar-refractivity contribution >= 4 is 19.3 Å². The number of rotatable bonds is 7. The average molecular weight is 447 g/mol. The number of aryl methyl sites for hydroxylation is 1. The van der Waals surface area contributed by atoms with Crippen molar-refractivity contribution in [3.63, 3.8) is 0 Å². The SMILES string of the molecule is CCc1ccc(-c2nnc(-c3nc(-c4ccc(P(C)OC(C)C)cc4)cnc3N)o2)cc1. The molecule has 1 atom stereocenters. The van der Waals surface area contributed by atoms with Crippen LogP contribution in [0.5, 0.6) is 0 Å². The molecule has 0 aliphatic rings. The van der Waals surface area contributed by atoms with E-state index in [9.17, 15) is 0 Å². The molecule has 0 spiro atoms. The molecule has 32 heavy (non-hydrogen) atoms. The summed E-state index contributed by atoms with van der Waals surface area (Å²) in [6.07, 6.45) is 2.81. The van der Waals surface area contributed by atoms with Crippen LogP contribution in [0.4, 0.5) is 5.82 Å². The van der Waals surface area contributed by atoms with Crippen molar-refractivity contribution in [3.05, 3.63) is 60.3 Å². The van der Waals surface area contributed by atoms with Crippen LogP contribution in [-0.2, 0) is 10.9 Å². The van der Waals surface area contributed by atoms with Gasteiger partial charge in [-0.05, 0) is 44.6 Å². The zero-order valence-electron chi connectivity index (χ0n) is 18.6. The van der Waals surface area contributed by atoms with E-state index < -0.39 is 8.15 Å². The molecule has 2 heterocycles. The Bertz CT molecular complexity index is 1190. The lowest BCUT2D eigenvalue weighted by atomic mass is 10.1. The zero-order valence-corrected chi connectivity index (χ0v) is 19.5. The number of anilines is 1. The molecule has 2 aromatic heterocycles. The first kappa shape index (κ1) is 22.1. The first-order valence-corrected chi connectivity index (χ1v) is 12.2. The molecule has 2 N–H and O–H groups in total. The van der Waals surface area contributed by atoms with Gasteiger partial charge in [0.2, 0.25) is 5.89 Å². The number of nitrogen functional groups attached to an aromatic ring is 1. The number of nitrogens with zero attached hydrogens (tertiary/aromatic N) is 4. The van der Waals surface area contributed by atoms with Gasteiger partial charge >= 0.3 is 0 Å². The van der Waals surface area contributed by atoms with E-state index in [0.29, 0.717) is 17.3 Å². The van der Waals surface area contributed by atoms with Crippen LogP contribution < -0.4 is 11.0 Å². The van der Waals surface area contributed by atoms with Gasteiger partial charge in [0.05, 0.1) is 26.1 Å². The Balaban J connectivity index is 1.60. The quantitative estimate of drug-likeness (QED) is 0.394. The van der Waals surface area contributed by atoms with Crippen molar-refractivity contribution in [1.82, 2.24) is 20.2 Å². The minimum atomic E-state index is -0.656. The van der Waals surface area contributed by atoms with Crippen molar-refractivity contribution in [3.8, 4) is 34.3 Å². The molecule has 4 aromatic rings. The Labute approximate surface area is 188 Å². The van der Waals surface area contributed by atoms with E-state index >= 15 is 0 Å². The third kappa shape index (κ3) is 4.85. The molecule has 164 valence electrons. The number of hydrogen-bond acceptors (Lipinski definition) is 7. The lowest BCUT2D eigenvalue weighted by Gasteiger charge is -2.16. The summed E-state index contributed by atoms with van der Waals surface area (Å²) in [5.74, 6) is 0.898. The van der Waals surface area contributed by atoms with Gasteiger partial charge in [0.25, 0.3) is 5.89 Å². The van der Waals surface area contributed by atoms with E-state index in [1.165, 1.54) is 5.56 Å². The van der Waals surface area contributed by atoms with Crippen LogP contribution >= 0.6 is 8.15 Å². The third-order valence-corrected chi connectivity index (χ3v) is 6.70. The van der Waals surface area contributed by atoms with E-state index in [0.717, 1.165) is 22.9 Å². The summed E-state index contributed by atoms with van der Waals surface area (Å²) in [6, 6.07) is 16.2. The van der Waals surface area contributed by atoms with E-state index in [2.05, 4.69) is 45.9 Å². The molecular weight excluding hydrogens is 421 g/mol. The second kappa shape index (κ2) is 9.55. The second-order valence-electron chi connectivity index (χ2n) is 7.65. The summed E-state index contributed by atoms with van der Waals surface area (Å²) in [5, 5.41) is 9.48. The highest BCUT2D eigenvalue weighted by molar-refractivity contribution is 7.60. The van der Waals surface area contributed by atoms with Gasteiger partial charge in [0.1, 0.15) is 0 Å². The first-order chi connectivity index (χ1) is 15.4.